The van der Waals surface area contributed by atoms with Gasteiger partial charge in [0.25, 0.3) is 5.56 Å². The van der Waals surface area contributed by atoms with Crippen molar-refractivity contribution in [2.24, 2.45) is 17.8 Å². The molecule has 4 bridgehead atoms. The van der Waals surface area contributed by atoms with Crippen LogP contribution in [0.1, 0.15) is 44.2 Å². The molecule has 2 N–H and O–H groups in total. The number of nitrogens with one attached hydrogen (secondary N) is 2. The molecule has 4 aliphatic rings. The number of hydrogen-bond donors (Lipinski definition) is 2. The lowest BCUT2D eigenvalue weighted by molar-refractivity contribution is -0.0511. The summed E-state index contributed by atoms with van der Waals surface area (Å²) in [7, 11) is 1.92. The van der Waals surface area contributed by atoms with Crippen molar-refractivity contribution in [1.29, 1.82) is 0 Å². The lowest BCUT2D eigenvalue weighted by Gasteiger charge is -2.56. The summed E-state index contributed by atoms with van der Waals surface area (Å²) in [4.78, 5) is 12.3. The van der Waals surface area contributed by atoms with Gasteiger partial charge in [-0.15, -0.1) is 0 Å². The Balaban J connectivity index is 1.73. The molecule has 0 aliphatic heterocycles. The van der Waals surface area contributed by atoms with Gasteiger partial charge in [-0.2, -0.15) is 0 Å². The third-order valence-corrected chi connectivity index (χ3v) is 5.62. The predicted molar refractivity (Wildman–Crippen MR) is 74.0 cm³/mol. The fraction of sp³-hybridized carbons (Fsp3) is 0.800. The highest BCUT2D eigenvalue weighted by atomic mass is 16.1. The van der Waals surface area contributed by atoms with Gasteiger partial charge in [0.05, 0.1) is 11.2 Å². The summed E-state index contributed by atoms with van der Waals surface area (Å²) in [6, 6.07) is 1.77. The van der Waals surface area contributed by atoms with Crippen LogP contribution in [-0.4, -0.2) is 16.8 Å². The molecule has 0 radical (unpaired) electrons. The zero-order valence-electron chi connectivity index (χ0n) is 11.6. The molecule has 5 rings (SSSR count). The van der Waals surface area contributed by atoms with Gasteiger partial charge in [-0.25, -0.2) is 4.68 Å². The van der Waals surface area contributed by atoms with Crippen LogP contribution in [-0.2, 0) is 12.1 Å². The van der Waals surface area contributed by atoms with Crippen LogP contribution >= 0.6 is 0 Å². The average Bonchev–Trinajstić information content (AvgIpc) is 2.70. The normalized spacial score (nSPS) is 39.9. The second-order valence-corrected chi connectivity index (χ2v) is 7.13. The number of hydrogen-bond acceptors (Lipinski definition) is 2. The summed E-state index contributed by atoms with van der Waals surface area (Å²) in [5.41, 5.74) is 1.31. The maximum atomic E-state index is 12.3. The topological polar surface area (TPSA) is 49.8 Å². The van der Waals surface area contributed by atoms with Crippen LogP contribution in [0.3, 0.4) is 0 Å². The molecule has 0 aromatic carbocycles. The summed E-state index contributed by atoms with van der Waals surface area (Å²) >= 11 is 0. The third kappa shape index (κ3) is 1.72. The van der Waals surface area contributed by atoms with Gasteiger partial charge in [0.1, 0.15) is 0 Å². The monoisotopic (exact) mass is 261 g/mol. The van der Waals surface area contributed by atoms with Crippen molar-refractivity contribution in [2.45, 2.75) is 50.6 Å². The van der Waals surface area contributed by atoms with Gasteiger partial charge in [-0.05, 0) is 63.3 Å². The van der Waals surface area contributed by atoms with E-state index < -0.39 is 0 Å². The molecule has 0 unspecified atom stereocenters. The van der Waals surface area contributed by atoms with E-state index in [0.717, 1.165) is 30.0 Å². The van der Waals surface area contributed by atoms with E-state index in [1.807, 2.05) is 11.7 Å². The van der Waals surface area contributed by atoms with E-state index in [1.165, 1.54) is 38.5 Å². The average molecular weight is 261 g/mol. The summed E-state index contributed by atoms with van der Waals surface area (Å²) in [6.45, 7) is 0.745. The van der Waals surface area contributed by atoms with E-state index in [4.69, 9.17) is 0 Å². The predicted octanol–water partition coefficient (Wildman–Crippen LogP) is 1.82. The van der Waals surface area contributed by atoms with Crippen LogP contribution in [0, 0.1) is 17.8 Å². The summed E-state index contributed by atoms with van der Waals surface area (Å²) in [6.07, 6.45) is 7.91. The Morgan fingerprint density at radius 3 is 2.37 bits per heavy atom. The molecule has 0 saturated heterocycles. The van der Waals surface area contributed by atoms with Crippen molar-refractivity contribution in [1.82, 2.24) is 15.1 Å². The van der Waals surface area contributed by atoms with Gasteiger partial charge in [-0.3, -0.25) is 9.89 Å². The van der Waals surface area contributed by atoms with E-state index in [2.05, 4.69) is 10.4 Å². The van der Waals surface area contributed by atoms with Gasteiger partial charge in [0, 0.05) is 12.6 Å². The highest BCUT2D eigenvalue weighted by molar-refractivity contribution is 5.08. The minimum absolute atomic E-state index is 0.123. The molecule has 0 spiro atoms. The van der Waals surface area contributed by atoms with E-state index in [1.54, 1.807) is 6.07 Å². The first kappa shape index (κ1) is 11.8. The molecule has 0 atom stereocenters. The lowest BCUT2D eigenvalue weighted by Crippen LogP contribution is -2.54. The first-order chi connectivity index (χ1) is 9.18. The highest BCUT2D eigenvalue weighted by Gasteiger charge is 2.52. The standard InChI is InChI=1S/C15H23N3O/c1-16-9-13-5-14(19)18(17-13)15-6-10-2-11(7-15)4-12(3-10)8-15/h5,10-12,16-17H,2-4,6-9H2,1H3. The van der Waals surface area contributed by atoms with E-state index >= 15 is 0 Å². The number of rotatable bonds is 3. The quantitative estimate of drug-likeness (QED) is 0.872. The summed E-state index contributed by atoms with van der Waals surface area (Å²) < 4.78 is 1.99. The second kappa shape index (κ2) is 3.98. The zero-order chi connectivity index (χ0) is 13.0. The van der Waals surface area contributed by atoms with Crippen molar-refractivity contribution in [3.8, 4) is 0 Å². The first-order valence-electron chi connectivity index (χ1n) is 7.64. The van der Waals surface area contributed by atoms with Crippen LogP contribution in [0.4, 0.5) is 0 Å². The van der Waals surface area contributed by atoms with Crippen LogP contribution in [0.5, 0.6) is 0 Å². The van der Waals surface area contributed by atoms with Gasteiger partial charge in [0.2, 0.25) is 0 Å². The van der Waals surface area contributed by atoms with Crippen LogP contribution in [0.25, 0.3) is 0 Å². The van der Waals surface area contributed by atoms with Crippen molar-refractivity contribution in [3.63, 3.8) is 0 Å². The highest BCUT2D eigenvalue weighted by Crippen LogP contribution is 2.58. The molecule has 4 fully saturated rings. The maximum absolute atomic E-state index is 12.3. The van der Waals surface area contributed by atoms with Crippen molar-refractivity contribution in [3.05, 3.63) is 22.1 Å². The minimum atomic E-state index is 0.123. The van der Waals surface area contributed by atoms with Gasteiger partial charge >= 0.3 is 0 Å². The Kier molecular flexibility index (Phi) is 2.47. The Hall–Kier alpha value is -1.03. The Morgan fingerprint density at radius 1 is 1.26 bits per heavy atom. The van der Waals surface area contributed by atoms with Crippen LogP contribution in [0.2, 0.25) is 0 Å². The molecule has 1 aromatic heterocycles. The fourth-order valence-corrected chi connectivity index (χ4v) is 5.42. The maximum Gasteiger partial charge on any atom is 0.267 e. The molecule has 104 valence electrons. The van der Waals surface area contributed by atoms with E-state index in [-0.39, 0.29) is 11.1 Å². The van der Waals surface area contributed by atoms with Gasteiger partial charge in [0.15, 0.2) is 0 Å². The van der Waals surface area contributed by atoms with Crippen LogP contribution < -0.4 is 10.9 Å². The van der Waals surface area contributed by atoms with Gasteiger partial charge < -0.3 is 5.32 Å². The van der Waals surface area contributed by atoms with Crippen molar-refractivity contribution < 1.29 is 0 Å². The summed E-state index contributed by atoms with van der Waals surface area (Å²) in [5.74, 6) is 2.61. The number of aromatic nitrogens is 2. The SMILES string of the molecule is CNCc1cc(=O)n(C23CC4CC(CC(C4)C2)C3)[nH]1. The first-order valence-corrected chi connectivity index (χ1v) is 7.64. The zero-order valence-corrected chi connectivity index (χ0v) is 11.6. The molecule has 19 heavy (non-hydrogen) atoms. The summed E-state index contributed by atoms with van der Waals surface area (Å²) in [5, 5.41) is 6.50. The van der Waals surface area contributed by atoms with Gasteiger partial charge in [-0.1, -0.05) is 0 Å². The van der Waals surface area contributed by atoms with Crippen molar-refractivity contribution >= 4 is 0 Å². The molecule has 1 heterocycles. The molecule has 4 aliphatic carbocycles. The number of aromatic amines is 1. The molecule has 1 aromatic rings. The Morgan fingerprint density at radius 2 is 1.84 bits per heavy atom. The number of nitrogens with zero attached hydrogens (tertiary/aromatic N) is 1. The molecule has 4 heteroatoms. The van der Waals surface area contributed by atoms with Crippen molar-refractivity contribution in [2.75, 3.05) is 7.05 Å². The number of H-pyrrole nitrogens is 1. The van der Waals surface area contributed by atoms with Crippen LogP contribution in [0.15, 0.2) is 10.9 Å². The van der Waals surface area contributed by atoms with E-state index in [9.17, 15) is 4.79 Å². The Labute approximate surface area is 113 Å². The molecular weight excluding hydrogens is 238 g/mol. The molecule has 0 amide bonds. The molecular formula is C15H23N3O. The molecule has 4 nitrogen and oxygen atoms in total. The third-order valence-electron chi connectivity index (χ3n) is 5.62. The Bertz CT molecular complexity index is 507. The largest absolute Gasteiger partial charge is 0.314 e. The molecule has 4 saturated carbocycles. The lowest BCUT2D eigenvalue weighted by atomic mass is 9.53. The second-order valence-electron chi connectivity index (χ2n) is 7.13. The fourth-order valence-electron chi connectivity index (χ4n) is 5.42. The van der Waals surface area contributed by atoms with E-state index in [0.29, 0.717) is 0 Å². The minimum Gasteiger partial charge on any atom is -0.314 e. The smallest absolute Gasteiger partial charge is 0.267 e.